The number of amides is 1. The lowest BCUT2D eigenvalue weighted by molar-refractivity contribution is -0.137. The first-order valence-corrected chi connectivity index (χ1v) is 8.98. The highest BCUT2D eigenvalue weighted by Crippen LogP contribution is 2.32. The molecule has 0 saturated heterocycles. The number of carboxylic acids is 1. The minimum Gasteiger partial charge on any atom is -0.480 e. The van der Waals surface area contributed by atoms with Crippen LogP contribution >= 0.6 is 0 Å². The minimum absolute atomic E-state index is 0.102. The first-order valence-electron chi connectivity index (χ1n) is 8.98. The molecule has 1 aromatic heterocycles. The van der Waals surface area contributed by atoms with E-state index in [2.05, 4.69) is 10.6 Å². The molecule has 0 fully saturated rings. The molecule has 0 spiro atoms. The van der Waals surface area contributed by atoms with Crippen molar-refractivity contribution in [3.8, 4) is 0 Å². The van der Waals surface area contributed by atoms with Gasteiger partial charge in [0, 0.05) is 47.4 Å². The molecule has 2 heterocycles. The maximum absolute atomic E-state index is 13.0. The smallest absolute Gasteiger partial charge is 0.323 e. The summed E-state index contributed by atoms with van der Waals surface area (Å²) in [5, 5.41) is 16.5. The number of para-hydroxylation sites is 1. The summed E-state index contributed by atoms with van der Waals surface area (Å²) >= 11 is 0. The van der Waals surface area contributed by atoms with Gasteiger partial charge in [-0.1, -0.05) is 24.3 Å². The number of benzene rings is 2. The highest BCUT2D eigenvalue weighted by atomic mass is 16.4. The lowest BCUT2D eigenvalue weighted by atomic mass is 10.0. The highest BCUT2D eigenvalue weighted by molar-refractivity contribution is 6.14. The highest BCUT2D eigenvalue weighted by Gasteiger charge is 2.24. The van der Waals surface area contributed by atoms with Crippen LogP contribution in [0.15, 0.2) is 42.5 Å². The average Bonchev–Trinajstić information content (AvgIpc) is 2.97. The van der Waals surface area contributed by atoms with Gasteiger partial charge < -0.3 is 20.3 Å². The van der Waals surface area contributed by atoms with Gasteiger partial charge in [-0.25, -0.2) is 0 Å². The quantitative estimate of drug-likeness (QED) is 0.665. The Hall–Kier alpha value is -3.12. The Balaban J connectivity index is 1.84. The van der Waals surface area contributed by atoms with Gasteiger partial charge >= 0.3 is 5.97 Å². The summed E-state index contributed by atoms with van der Waals surface area (Å²) in [5.74, 6) is -1.07. The molecule has 3 aromatic rings. The number of carbonyl (C=O) groups excluding carboxylic acids is 1. The summed E-state index contributed by atoms with van der Waals surface area (Å²) in [5.41, 5.74) is 5.15. The molecule has 4 rings (SSSR count). The molecule has 3 N–H and O–H groups in total. The van der Waals surface area contributed by atoms with Crippen LogP contribution in [0.4, 0.5) is 5.69 Å². The molecule has 0 aliphatic carbocycles. The fourth-order valence-corrected chi connectivity index (χ4v) is 3.84. The molecule has 6 heteroatoms. The van der Waals surface area contributed by atoms with Gasteiger partial charge in [0.25, 0.3) is 5.91 Å². The third-order valence-corrected chi connectivity index (χ3v) is 5.08. The summed E-state index contributed by atoms with van der Waals surface area (Å²) in [7, 11) is 0. The normalized spacial score (nSPS) is 13.4. The molecule has 27 heavy (non-hydrogen) atoms. The van der Waals surface area contributed by atoms with Crippen LogP contribution in [0.1, 0.15) is 27.2 Å². The van der Waals surface area contributed by atoms with Crippen molar-refractivity contribution in [3.63, 3.8) is 0 Å². The predicted octanol–water partition coefficient (Wildman–Crippen LogP) is 2.93. The molecule has 0 bridgehead atoms. The zero-order valence-electron chi connectivity index (χ0n) is 15.1. The van der Waals surface area contributed by atoms with Crippen molar-refractivity contribution >= 4 is 28.5 Å². The van der Waals surface area contributed by atoms with Crippen LogP contribution in [-0.4, -0.2) is 28.1 Å². The molecule has 0 atom stereocenters. The van der Waals surface area contributed by atoms with Gasteiger partial charge in [-0.2, -0.15) is 0 Å². The van der Waals surface area contributed by atoms with Crippen molar-refractivity contribution in [2.24, 2.45) is 0 Å². The van der Waals surface area contributed by atoms with Crippen LogP contribution in [0.5, 0.6) is 0 Å². The van der Waals surface area contributed by atoms with E-state index in [9.17, 15) is 14.7 Å². The SMILES string of the molecule is Cc1ccccc1NC(=O)c1cccc2c1c1c(n2CC(=O)O)CCNC1. The Morgan fingerprint density at radius 3 is 2.78 bits per heavy atom. The van der Waals surface area contributed by atoms with Gasteiger partial charge in [0.05, 0.1) is 0 Å². The van der Waals surface area contributed by atoms with E-state index in [1.807, 2.05) is 47.9 Å². The Labute approximate surface area is 156 Å². The van der Waals surface area contributed by atoms with Crippen molar-refractivity contribution < 1.29 is 14.7 Å². The van der Waals surface area contributed by atoms with E-state index < -0.39 is 5.97 Å². The van der Waals surface area contributed by atoms with Crippen LogP contribution in [-0.2, 0) is 24.3 Å². The number of nitrogens with one attached hydrogen (secondary N) is 2. The van der Waals surface area contributed by atoms with Crippen LogP contribution in [0, 0.1) is 6.92 Å². The third kappa shape index (κ3) is 3.08. The van der Waals surface area contributed by atoms with Crippen molar-refractivity contribution in [2.75, 3.05) is 11.9 Å². The van der Waals surface area contributed by atoms with Gasteiger partial charge in [-0.3, -0.25) is 9.59 Å². The molecular formula is C21H21N3O3. The number of carbonyl (C=O) groups is 2. The zero-order chi connectivity index (χ0) is 19.0. The predicted molar refractivity (Wildman–Crippen MR) is 104 cm³/mol. The van der Waals surface area contributed by atoms with Gasteiger partial charge in [0.2, 0.25) is 0 Å². The number of hydrogen-bond donors (Lipinski definition) is 3. The fourth-order valence-electron chi connectivity index (χ4n) is 3.84. The number of rotatable bonds is 4. The number of aromatic nitrogens is 1. The van der Waals surface area contributed by atoms with Gasteiger partial charge in [-0.15, -0.1) is 0 Å². The van der Waals surface area contributed by atoms with Crippen LogP contribution in [0.3, 0.4) is 0 Å². The molecule has 1 aliphatic rings. The Bertz CT molecular complexity index is 1050. The monoisotopic (exact) mass is 363 g/mol. The van der Waals surface area contributed by atoms with Crippen LogP contribution in [0.2, 0.25) is 0 Å². The number of carboxylic acid groups (broad SMARTS) is 1. The Morgan fingerprint density at radius 2 is 2.00 bits per heavy atom. The second kappa shape index (κ2) is 6.89. The van der Waals surface area contributed by atoms with E-state index in [0.717, 1.165) is 46.4 Å². The summed E-state index contributed by atoms with van der Waals surface area (Å²) in [6.45, 7) is 3.28. The van der Waals surface area contributed by atoms with Crippen molar-refractivity contribution in [1.82, 2.24) is 9.88 Å². The molecule has 0 saturated carbocycles. The summed E-state index contributed by atoms with van der Waals surface area (Å²) in [4.78, 5) is 24.4. The Kier molecular flexibility index (Phi) is 4.41. The van der Waals surface area contributed by atoms with E-state index >= 15 is 0 Å². The molecule has 0 radical (unpaired) electrons. The van der Waals surface area contributed by atoms with E-state index in [4.69, 9.17) is 0 Å². The summed E-state index contributed by atoms with van der Waals surface area (Å²) < 4.78 is 1.83. The standard InChI is InChI=1S/C21H21N3O3/c1-13-5-2-3-7-16(13)23-21(27)14-6-4-8-18-20(14)15-11-22-10-9-17(15)24(18)12-19(25)26/h2-8,22H,9-12H2,1H3,(H,23,27)(H,25,26). The maximum Gasteiger partial charge on any atom is 0.323 e. The summed E-state index contributed by atoms with van der Waals surface area (Å²) in [6.07, 6.45) is 0.746. The summed E-state index contributed by atoms with van der Waals surface area (Å²) in [6, 6.07) is 13.1. The lowest BCUT2D eigenvalue weighted by Crippen LogP contribution is -2.25. The number of anilines is 1. The topological polar surface area (TPSA) is 83.4 Å². The Morgan fingerprint density at radius 1 is 1.19 bits per heavy atom. The van der Waals surface area contributed by atoms with E-state index in [1.165, 1.54) is 0 Å². The van der Waals surface area contributed by atoms with Crippen molar-refractivity contribution in [3.05, 3.63) is 64.8 Å². The second-order valence-corrected chi connectivity index (χ2v) is 6.80. The molecule has 2 aromatic carbocycles. The number of aryl methyl sites for hydroxylation is 1. The second-order valence-electron chi connectivity index (χ2n) is 6.80. The number of fused-ring (bicyclic) bond motifs is 3. The number of aliphatic carboxylic acids is 1. The maximum atomic E-state index is 13.0. The van der Waals surface area contributed by atoms with Gasteiger partial charge in [0.1, 0.15) is 6.54 Å². The van der Waals surface area contributed by atoms with Gasteiger partial charge in [0.15, 0.2) is 0 Å². The lowest BCUT2D eigenvalue weighted by Gasteiger charge is -2.16. The van der Waals surface area contributed by atoms with Crippen molar-refractivity contribution in [2.45, 2.75) is 26.4 Å². The number of nitrogens with zero attached hydrogens (tertiary/aromatic N) is 1. The van der Waals surface area contributed by atoms with E-state index in [1.54, 1.807) is 6.07 Å². The molecule has 1 aliphatic heterocycles. The third-order valence-electron chi connectivity index (χ3n) is 5.08. The molecule has 6 nitrogen and oxygen atoms in total. The average molecular weight is 363 g/mol. The first-order chi connectivity index (χ1) is 13.1. The van der Waals surface area contributed by atoms with Crippen molar-refractivity contribution in [1.29, 1.82) is 0 Å². The van der Waals surface area contributed by atoms with E-state index in [-0.39, 0.29) is 12.5 Å². The number of hydrogen-bond acceptors (Lipinski definition) is 3. The van der Waals surface area contributed by atoms with Crippen LogP contribution < -0.4 is 10.6 Å². The molecular weight excluding hydrogens is 342 g/mol. The fraction of sp³-hybridized carbons (Fsp3) is 0.238. The molecule has 0 unspecified atom stereocenters. The molecule has 138 valence electrons. The molecule has 1 amide bonds. The zero-order valence-corrected chi connectivity index (χ0v) is 15.1. The first kappa shape index (κ1) is 17.3. The van der Waals surface area contributed by atoms with Gasteiger partial charge in [-0.05, 0) is 36.2 Å². The minimum atomic E-state index is -0.886. The van der Waals surface area contributed by atoms with E-state index in [0.29, 0.717) is 12.1 Å². The largest absolute Gasteiger partial charge is 0.480 e. The van der Waals surface area contributed by atoms with Crippen LogP contribution in [0.25, 0.3) is 10.9 Å².